The standard InChI is InChI=1S/C26H36BrN3O4S/c1-19-10-7-13-23(16-19)30(35(6,33)34)15-9-14-24(31)29(18-21-11-8-12-22(27)17-21)20(2)25(32)28-26(3,4)5/h7-8,10-13,16-17,20H,9,14-15,18H2,1-6H3,(H,28,32). The lowest BCUT2D eigenvalue weighted by molar-refractivity contribution is -0.141. The van der Waals surface area contributed by atoms with Gasteiger partial charge in [-0.15, -0.1) is 0 Å². The molecule has 1 unspecified atom stereocenters. The van der Waals surface area contributed by atoms with Crippen LogP contribution in [0.15, 0.2) is 53.0 Å². The van der Waals surface area contributed by atoms with Crippen LogP contribution in [0, 0.1) is 6.92 Å². The minimum Gasteiger partial charge on any atom is -0.350 e. The minimum absolute atomic E-state index is 0.110. The molecule has 0 aliphatic heterocycles. The Bertz CT molecular complexity index is 1150. The zero-order valence-electron chi connectivity index (χ0n) is 21.3. The molecule has 0 radical (unpaired) electrons. The highest BCUT2D eigenvalue weighted by Crippen LogP contribution is 2.21. The van der Waals surface area contributed by atoms with E-state index in [2.05, 4.69) is 21.2 Å². The van der Waals surface area contributed by atoms with Gasteiger partial charge in [-0.25, -0.2) is 8.42 Å². The number of benzene rings is 2. The van der Waals surface area contributed by atoms with Crippen LogP contribution in [0.4, 0.5) is 5.69 Å². The lowest BCUT2D eigenvalue weighted by atomic mass is 10.1. The van der Waals surface area contributed by atoms with Crippen molar-refractivity contribution in [2.45, 2.75) is 65.6 Å². The Morgan fingerprint density at radius 2 is 1.74 bits per heavy atom. The van der Waals surface area contributed by atoms with Gasteiger partial charge in [0.05, 0.1) is 11.9 Å². The Labute approximate surface area is 218 Å². The Hall–Kier alpha value is -2.39. The average Bonchev–Trinajstić information content (AvgIpc) is 2.72. The van der Waals surface area contributed by atoms with Gasteiger partial charge in [-0.05, 0) is 76.4 Å². The van der Waals surface area contributed by atoms with Gasteiger partial charge >= 0.3 is 0 Å². The molecular weight excluding hydrogens is 530 g/mol. The Morgan fingerprint density at radius 1 is 1.09 bits per heavy atom. The molecule has 0 heterocycles. The fourth-order valence-electron chi connectivity index (χ4n) is 3.68. The molecule has 1 atom stereocenters. The quantitative estimate of drug-likeness (QED) is 0.454. The zero-order chi connectivity index (χ0) is 26.4. The van der Waals surface area contributed by atoms with E-state index in [0.717, 1.165) is 21.9 Å². The number of nitrogens with one attached hydrogen (secondary N) is 1. The van der Waals surface area contributed by atoms with E-state index in [1.165, 1.54) is 4.31 Å². The molecule has 0 aliphatic rings. The second-order valence-electron chi connectivity index (χ2n) is 9.84. The molecule has 0 aliphatic carbocycles. The highest BCUT2D eigenvalue weighted by atomic mass is 79.9. The summed E-state index contributed by atoms with van der Waals surface area (Å²) in [4.78, 5) is 27.8. The van der Waals surface area contributed by atoms with Crippen molar-refractivity contribution in [1.29, 1.82) is 0 Å². The first-order chi connectivity index (χ1) is 16.2. The Balaban J connectivity index is 2.19. The lowest BCUT2D eigenvalue weighted by Crippen LogP contribution is -2.52. The van der Waals surface area contributed by atoms with Crippen LogP contribution < -0.4 is 9.62 Å². The van der Waals surface area contributed by atoms with E-state index >= 15 is 0 Å². The summed E-state index contributed by atoms with van der Waals surface area (Å²) >= 11 is 3.45. The predicted molar refractivity (Wildman–Crippen MR) is 145 cm³/mol. The molecule has 2 aromatic carbocycles. The first-order valence-electron chi connectivity index (χ1n) is 11.6. The van der Waals surface area contributed by atoms with Crippen molar-refractivity contribution in [3.63, 3.8) is 0 Å². The van der Waals surface area contributed by atoms with E-state index in [9.17, 15) is 18.0 Å². The molecule has 2 amide bonds. The number of aryl methyl sites for hydroxylation is 1. The molecule has 7 nitrogen and oxygen atoms in total. The normalized spacial score (nSPS) is 12.7. The summed E-state index contributed by atoms with van der Waals surface area (Å²) in [5, 5.41) is 2.94. The summed E-state index contributed by atoms with van der Waals surface area (Å²) in [5.41, 5.74) is 1.98. The molecule has 0 saturated heterocycles. The van der Waals surface area contributed by atoms with Gasteiger partial charge in [0, 0.05) is 29.5 Å². The Kier molecular flexibility index (Phi) is 9.92. The number of halogens is 1. The molecule has 1 N–H and O–H groups in total. The number of carbonyl (C=O) groups is 2. The molecule has 9 heteroatoms. The van der Waals surface area contributed by atoms with Gasteiger partial charge < -0.3 is 10.2 Å². The number of sulfonamides is 1. The maximum Gasteiger partial charge on any atom is 0.242 e. The third kappa shape index (κ3) is 9.29. The van der Waals surface area contributed by atoms with Gasteiger partial charge in [-0.3, -0.25) is 13.9 Å². The summed E-state index contributed by atoms with van der Waals surface area (Å²) in [5.74, 6) is -0.447. The molecule has 2 rings (SSSR count). The number of rotatable bonds is 10. The number of carbonyl (C=O) groups excluding carboxylic acids is 2. The van der Waals surface area contributed by atoms with Crippen LogP contribution >= 0.6 is 15.9 Å². The fraction of sp³-hybridized carbons (Fsp3) is 0.462. The highest BCUT2D eigenvalue weighted by Gasteiger charge is 2.28. The van der Waals surface area contributed by atoms with Crippen LogP contribution in [0.5, 0.6) is 0 Å². The Morgan fingerprint density at radius 3 is 2.31 bits per heavy atom. The highest BCUT2D eigenvalue weighted by molar-refractivity contribution is 9.10. The fourth-order valence-corrected chi connectivity index (χ4v) is 5.08. The van der Waals surface area contributed by atoms with Crippen LogP contribution in [0.2, 0.25) is 0 Å². The van der Waals surface area contributed by atoms with E-state index < -0.39 is 21.6 Å². The molecule has 35 heavy (non-hydrogen) atoms. The van der Waals surface area contributed by atoms with Crippen LogP contribution in [0.3, 0.4) is 0 Å². The number of nitrogens with zero attached hydrogens (tertiary/aromatic N) is 2. The third-order valence-corrected chi connectivity index (χ3v) is 7.04. The van der Waals surface area contributed by atoms with Crippen LogP contribution in [-0.4, -0.2) is 49.5 Å². The molecule has 2 aromatic rings. The summed E-state index contributed by atoms with van der Waals surface area (Å²) < 4.78 is 27.1. The predicted octanol–water partition coefficient (Wildman–Crippen LogP) is 4.64. The van der Waals surface area contributed by atoms with Gasteiger partial charge in [0.15, 0.2) is 0 Å². The first kappa shape index (κ1) is 28.8. The number of anilines is 1. The monoisotopic (exact) mass is 565 g/mol. The van der Waals surface area contributed by atoms with Gasteiger partial charge in [-0.1, -0.05) is 40.2 Å². The van der Waals surface area contributed by atoms with Crippen molar-refractivity contribution in [2.75, 3.05) is 17.1 Å². The molecule has 0 fully saturated rings. The van der Waals surface area contributed by atoms with Gasteiger partial charge in [0.1, 0.15) is 6.04 Å². The second kappa shape index (κ2) is 12.0. The number of hydrogen-bond acceptors (Lipinski definition) is 4. The van der Waals surface area contributed by atoms with Crippen molar-refractivity contribution < 1.29 is 18.0 Å². The molecular formula is C26H36BrN3O4S. The summed E-state index contributed by atoms with van der Waals surface area (Å²) in [6.07, 6.45) is 1.59. The van der Waals surface area contributed by atoms with Gasteiger partial charge in [0.25, 0.3) is 0 Å². The zero-order valence-corrected chi connectivity index (χ0v) is 23.7. The van der Waals surface area contributed by atoms with Crippen LogP contribution in [0.25, 0.3) is 0 Å². The summed E-state index contributed by atoms with van der Waals surface area (Å²) in [7, 11) is -3.52. The summed E-state index contributed by atoms with van der Waals surface area (Å²) in [6, 6.07) is 14.2. The van der Waals surface area contributed by atoms with Gasteiger partial charge in [-0.2, -0.15) is 0 Å². The largest absolute Gasteiger partial charge is 0.350 e. The topological polar surface area (TPSA) is 86.8 Å². The van der Waals surface area contributed by atoms with Crippen molar-refractivity contribution in [3.05, 3.63) is 64.1 Å². The van der Waals surface area contributed by atoms with Crippen molar-refractivity contribution >= 4 is 43.5 Å². The number of amides is 2. The van der Waals surface area contributed by atoms with E-state index in [4.69, 9.17) is 0 Å². The maximum absolute atomic E-state index is 13.3. The lowest BCUT2D eigenvalue weighted by Gasteiger charge is -2.32. The molecule has 192 valence electrons. The number of hydrogen-bond donors (Lipinski definition) is 1. The van der Waals surface area contributed by atoms with E-state index in [1.54, 1.807) is 24.0 Å². The van der Waals surface area contributed by atoms with E-state index in [-0.39, 0.29) is 31.3 Å². The van der Waals surface area contributed by atoms with Crippen molar-refractivity contribution in [1.82, 2.24) is 10.2 Å². The maximum atomic E-state index is 13.3. The molecule has 0 bridgehead atoms. The van der Waals surface area contributed by atoms with Crippen molar-refractivity contribution in [3.8, 4) is 0 Å². The molecule has 0 aromatic heterocycles. The van der Waals surface area contributed by atoms with E-state index in [0.29, 0.717) is 12.1 Å². The molecule has 0 saturated carbocycles. The summed E-state index contributed by atoms with van der Waals surface area (Å²) in [6.45, 7) is 9.73. The molecule has 0 spiro atoms. The van der Waals surface area contributed by atoms with Crippen LogP contribution in [0.1, 0.15) is 51.7 Å². The van der Waals surface area contributed by atoms with Gasteiger partial charge in [0.2, 0.25) is 21.8 Å². The average molecular weight is 567 g/mol. The van der Waals surface area contributed by atoms with E-state index in [1.807, 2.05) is 64.1 Å². The van der Waals surface area contributed by atoms with Crippen LogP contribution in [-0.2, 0) is 26.2 Å². The minimum atomic E-state index is -3.52. The van der Waals surface area contributed by atoms with Crippen molar-refractivity contribution in [2.24, 2.45) is 0 Å². The smallest absolute Gasteiger partial charge is 0.242 e. The first-order valence-corrected chi connectivity index (χ1v) is 14.2. The second-order valence-corrected chi connectivity index (χ2v) is 12.7. The third-order valence-electron chi connectivity index (χ3n) is 5.35. The SMILES string of the molecule is Cc1cccc(N(CCCC(=O)N(Cc2cccc(Br)c2)C(C)C(=O)NC(C)(C)C)S(C)(=O)=O)c1.